The smallest absolute Gasteiger partial charge is 0.174 e. The Balaban J connectivity index is 2.01. The molecule has 0 aliphatic heterocycles. The van der Waals surface area contributed by atoms with Crippen molar-refractivity contribution in [2.75, 3.05) is 0 Å². The van der Waals surface area contributed by atoms with Crippen molar-refractivity contribution in [3.63, 3.8) is 0 Å². The number of hydrogen-bond acceptors (Lipinski definition) is 3. The van der Waals surface area contributed by atoms with Crippen molar-refractivity contribution >= 4 is 12.9 Å². The van der Waals surface area contributed by atoms with Gasteiger partial charge in [0.1, 0.15) is 6.10 Å². The molecule has 2 aliphatic rings. The van der Waals surface area contributed by atoms with Gasteiger partial charge in [-0.2, -0.15) is 0 Å². The number of aliphatic hydroxyl groups is 1. The van der Waals surface area contributed by atoms with Crippen molar-refractivity contribution < 1.29 is 9.29 Å². The summed E-state index contributed by atoms with van der Waals surface area (Å²) in [6.07, 6.45) is 2.88. The van der Waals surface area contributed by atoms with E-state index in [0.29, 0.717) is 0 Å². The summed E-state index contributed by atoms with van der Waals surface area (Å²) in [6, 6.07) is 0. The summed E-state index contributed by atoms with van der Waals surface area (Å²) in [5, 5.41) is 8.83. The Morgan fingerprint density at radius 1 is 1.80 bits per heavy atom. The number of thiol groups is 1. The lowest BCUT2D eigenvalue weighted by Gasteiger charge is -2.04. The maximum absolute atomic E-state index is 8.83. The average molecular weight is 154 g/mol. The predicted octanol–water partition coefficient (Wildman–Crippen LogP) is 1.53. The molecule has 2 rings (SSSR count). The summed E-state index contributed by atoms with van der Waals surface area (Å²) in [6.45, 7) is 0. The van der Waals surface area contributed by atoms with Gasteiger partial charge in [0.05, 0.1) is 5.57 Å². The van der Waals surface area contributed by atoms with Crippen LogP contribution < -0.4 is 0 Å². The second kappa shape index (κ2) is 1.92. The topological polar surface area (TPSA) is 29.5 Å². The van der Waals surface area contributed by atoms with Crippen molar-refractivity contribution in [2.45, 2.75) is 12.5 Å². The van der Waals surface area contributed by atoms with Crippen molar-refractivity contribution in [2.24, 2.45) is 0 Å². The molecule has 0 aromatic carbocycles. The van der Waals surface area contributed by atoms with Crippen LogP contribution in [0.2, 0.25) is 0 Å². The molecule has 52 valence electrons. The first-order valence-electron chi connectivity index (χ1n) is 3.02. The zero-order chi connectivity index (χ0) is 7.14. The SMILES string of the molecule is OC1=C=C1C(OS)C1=CC1. The van der Waals surface area contributed by atoms with Gasteiger partial charge in [-0.15, -0.1) is 0 Å². The predicted molar refractivity (Wildman–Crippen MR) is 39.7 cm³/mol. The van der Waals surface area contributed by atoms with E-state index in [0.717, 1.165) is 12.0 Å². The Hall–Kier alpha value is -0.630. The standard InChI is InChI=1S/C7H6O2S/c8-6-3-5(6)7(9-10)4-1-2-4/h1,7-8,10H,2H2. The van der Waals surface area contributed by atoms with Gasteiger partial charge in [-0.1, -0.05) is 11.8 Å². The lowest BCUT2D eigenvalue weighted by molar-refractivity contribution is 0.326. The van der Waals surface area contributed by atoms with Crippen molar-refractivity contribution in [3.8, 4) is 0 Å². The Labute approximate surface area is 64.1 Å². The second-order valence-corrected chi connectivity index (χ2v) is 2.57. The molecule has 2 nitrogen and oxygen atoms in total. The monoisotopic (exact) mass is 154 g/mol. The van der Waals surface area contributed by atoms with Crippen LogP contribution in [0.1, 0.15) is 6.42 Å². The maximum Gasteiger partial charge on any atom is 0.174 e. The third-order valence-electron chi connectivity index (χ3n) is 1.59. The lowest BCUT2D eigenvalue weighted by Crippen LogP contribution is -2.05. The minimum Gasteiger partial charge on any atom is -0.500 e. The van der Waals surface area contributed by atoms with Crippen LogP contribution in [0.5, 0.6) is 0 Å². The molecule has 3 heteroatoms. The highest BCUT2D eigenvalue weighted by Crippen LogP contribution is 2.36. The summed E-state index contributed by atoms with van der Waals surface area (Å²) in [5.74, 6) is 0.229. The van der Waals surface area contributed by atoms with Crippen LogP contribution in [0, 0.1) is 0 Å². The zero-order valence-corrected chi connectivity index (χ0v) is 6.06. The molecule has 0 saturated heterocycles. The molecule has 0 bridgehead atoms. The van der Waals surface area contributed by atoms with Gasteiger partial charge in [0, 0.05) is 0 Å². The molecule has 0 fully saturated rings. The van der Waals surface area contributed by atoms with Gasteiger partial charge in [-0.05, 0) is 24.9 Å². The van der Waals surface area contributed by atoms with E-state index in [1.165, 1.54) is 5.57 Å². The highest BCUT2D eigenvalue weighted by atomic mass is 32.1. The van der Waals surface area contributed by atoms with Crippen LogP contribution in [0.4, 0.5) is 0 Å². The van der Waals surface area contributed by atoms with Crippen LogP contribution in [-0.2, 0) is 4.18 Å². The first kappa shape index (κ1) is 6.10. The van der Waals surface area contributed by atoms with Gasteiger partial charge in [0.25, 0.3) is 0 Å². The minimum absolute atomic E-state index is 0.136. The molecule has 0 radical (unpaired) electrons. The molecule has 1 N–H and O–H groups in total. The van der Waals surface area contributed by atoms with E-state index >= 15 is 0 Å². The minimum atomic E-state index is -0.136. The largest absolute Gasteiger partial charge is 0.500 e. The Bertz CT molecular complexity index is 271. The molecule has 0 amide bonds. The third-order valence-corrected chi connectivity index (χ3v) is 1.80. The van der Waals surface area contributed by atoms with E-state index in [-0.39, 0.29) is 11.9 Å². The molecule has 1 unspecified atom stereocenters. The summed E-state index contributed by atoms with van der Waals surface area (Å²) < 4.78 is 4.81. The van der Waals surface area contributed by atoms with Gasteiger partial charge in [0.2, 0.25) is 0 Å². The van der Waals surface area contributed by atoms with Crippen molar-refractivity contribution in [3.05, 3.63) is 28.7 Å². The highest BCUT2D eigenvalue weighted by molar-refractivity contribution is 7.75. The fourth-order valence-electron chi connectivity index (χ4n) is 0.865. The van der Waals surface area contributed by atoms with E-state index < -0.39 is 0 Å². The van der Waals surface area contributed by atoms with E-state index in [1.807, 2.05) is 6.08 Å². The van der Waals surface area contributed by atoms with Crippen LogP contribution in [-0.4, -0.2) is 11.2 Å². The van der Waals surface area contributed by atoms with Crippen LogP contribution >= 0.6 is 12.9 Å². The molecular weight excluding hydrogens is 148 g/mol. The van der Waals surface area contributed by atoms with Gasteiger partial charge < -0.3 is 9.29 Å². The highest BCUT2D eigenvalue weighted by Gasteiger charge is 2.31. The first-order valence-corrected chi connectivity index (χ1v) is 3.38. The fraction of sp³-hybridized carbons (Fsp3) is 0.286. The van der Waals surface area contributed by atoms with Gasteiger partial charge in [0.15, 0.2) is 5.76 Å². The number of allylic oxidation sites excluding steroid dienone is 1. The first-order chi connectivity index (χ1) is 4.83. The lowest BCUT2D eigenvalue weighted by atomic mass is 10.2. The molecule has 0 saturated carbocycles. The number of rotatable bonds is 3. The van der Waals surface area contributed by atoms with E-state index in [9.17, 15) is 0 Å². The quantitative estimate of drug-likeness (QED) is 0.279. The van der Waals surface area contributed by atoms with Gasteiger partial charge >= 0.3 is 0 Å². The number of hydrogen-bond donors (Lipinski definition) is 2. The Morgan fingerprint density at radius 2 is 2.40 bits per heavy atom. The summed E-state index contributed by atoms with van der Waals surface area (Å²) >= 11 is 3.69. The van der Waals surface area contributed by atoms with Crippen molar-refractivity contribution in [1.29, 1.82) is 0 Å². The molecule has 0 spiro atoms. The van der Waals surface area contributed by atoms with Crippen molar-refractivity contribution in [1.82, 2.24) is 0 Å². The fourth-order valence-corrected chi connectivity index (χ4v) is 1.11. The molecule has 10 heavy (non-hydrogen) atoms. The summed E-state index contributed by atoms with van der Waals surface area (Å²) in [4.78, 5) is 0. The molecule has 0 aromatic rings. The van der Waals surface area contributed by atoms with E-state index in [1.54, 1.807) is 0 Å². The van der Waals surface area contributed by atoms with Crippen LogP contribution in [0.15, 0.2) is 28.7 Å². The van der Waals surface area contributed by atoms with Gasteiger partial charge in [-0.3, -0.25) is 0 Å². The molecule has 0 aromatic heterocycles. The normalized spacial score (nSPS) is 22.7. The zero-order valence-electron chi connectivity index (χ0n) is 5.16. The summed E-state index contributed by atoms with van der Waals surface area (Å²) in [7, 11) is 0. The molecular formula is C7H6O2S. The van der Waals surface area contributed by atoms with E-state index in [2.05, 4.69) is 18.6 Å². The average Bonchev–Trinajstić information content (AvgIpc) is 2.73. The molecule has 0 heterocycles. The molecule has 1 atom stereocenters. The molecule has 2 aliphatic carbocycles. The summed E-state index contributed by atoms with van der Waals surface area (Å²) in [5.41, 5.74) is 4.61. The Kier molecular flexibility index (Phi) is 1.17. The number of aliphatic hydroxyl groups excluding tert-OH is 1. The van der Waals surface area contributed by atoms with Gasteiger partial charge in [-0.25, -0.2) is 0 Å². The Morgan fingerprint density at radius 3 is 2.70 bits per heavy atom. The van der Waals surface area contributed by atoms with E-state index in [4.69, 9.17) is 9.29 Å². The van der Waals surface area contributed by atoms with Crippen LogP contribution in [0.25, 0.3) is 0 Å². The van der Waals surface area contributed by atoms with Crippen LogP contribution in [0.3, 0.4) is 0 Å². The third kappa shape index (κ3) is 0.886. The maximum atomic E-state index is 8.83. The second-order valence-electron chi connectivity index (χ2n) is 2.36.